The van der Waals surface area contributed by atoms with Crippen molar-refractivity contribution in [2.45, 2.75) is 290 Å². The van der Waals surface area contributed by atoms with Gasteiger partial charge in [0, 0.05) is 19.0 Å². The maximum atomic E-state index is 13.9. The normalized spacial score (nSPS) is 15.4. The summed E-state index contributed by atoms with van der Waals surface area (Å²) in [6.07, 6.45) is 46.2. The van der Waals surface area contributed by atoms with Crippen LogP contribution in [0.1, 0.15) is 288 Å². The van der Waals surface area contributed by atoms with E-state index in [0.29, 0.717) is 30.3 Å². The maximum Gasteiger partial charge on any atom is 0.351 e. The first-order valence-electron chi connectivity index (χ1n) is 30.0. The van der Waals surface area contributed by atoms with Crippen molar-refractivity contribution in [3.63, 3.8) is 0 Å². The minimum Gasteiger partial charge on any atom is -0.490 e. The lowest BCUT2D eigenvalue weighted by molar-refractivity contribution is -0.153. The Morgan fingerprint density at radius 1 is 0.616 bits per heavy atom. The molecule has 2 N–H and O–H groups in total. The van der Waals surface area contributed by atoms with Crippen LogP contribution in [-0.4, -0.2) is 64.3 Å². The summed E-state index contributed by atoms with van der Waals surface area (Å²) < 4.78 is 25.3. The number of nitrogens with zero attached hydrogens (tertiary/aromatic N) is 2. The average Bonchev–Trinajstić information content (AvgIpc) is 3.79. The number of hydrogen-bond donors (Lipinski definition) is 2. The molecule has 73 heavy (non-hydrogen) atoms. The van der Waals surface area contributed by atoms with E-state index in [-0.39, 0.29) is 30.9 Å². The summed E-state index contributed by atoms with van der Waals surface area (Å²) in [5.41, 5.74) is -0.391. The van der Waals surface area contributed by atoms with Crippen LogP contribution in [-0.2, 0) is 19.1 Å². The summed E-state index contributed by atoms with van der Waals surface area (Å²) in [5.74, 6) is -0.224. The molecule has 1 amide bonds. The standard InChI is InChI=1S/C61H103N3O9/c1-4-6-8-10-12-14-16-18-20-22-24-26-28-30-32-34-36-38-47-70-53-42-40-41-52(59(53)71-48-39-37-35-33-31-29-27-25-23-21-19-17-15-13-11-9-7-5-2)60(68)62-56-45-46-64(61(69)63-56)57-49-54(55(50-65)72-57)73-58(67)44-43-51(3)66/h40-42,45-46,54-55,57,65H,4-39,43-44,47-50H2,1-3H3,(H,62,63,68,69)/t54-,55-,57-/m1/s1. The lowest BCUT2D eigenvalue weighted by Crippen LogP contribution is -2.30. The first-order chi connectivity index (χ1) is 35.8. The molecule has 0 saturated carbocycles. The predicted molar refractivity (Wildman–Crippen MR) is 297 cm³/mol. The van der Waals surface area contributed by atoms with Gasteiger partial charge in [-0.25, -0.2) is 4.79 Å². The molecule has 1 aliphatic rings. The van der Waals surface area contributed by atoms with Crippen molar-refractivity contribution in [3.8, 4) is 11.5 Å². The van der Waals surface area contributed by atoms with E-state index in [1.54, 1.807) is 12.1 Å². The molecule has 1 aromatic carbocycles. The second-order valence-electron chi connectivity index (χ2n) is 21.1. The fourth-order valence-corrected chi connectivity index (χ4v) is 9.87. The van der Waals surface area contributed by atoms with Gasteiger partial charge >= 0.3 is 11.7 Å². The second-order valence-corrected chi connectivity index (χ2v) is 21.1. The van der Waals surface area contributed by atoms with Crippen molar-refractivity contribution in [2.24, 2.45) is 0 Å². The van der Waals surface area contributed by atoms with Crippen LogP contribution in [0.2, 0.25) is 0 Å². The van der Waals surface area contributed by atoms with Gasteiger partial charge in [0.15, 0.2) is 11.5 Å². The molecule has 0 spiro atoms. The molecule has 1 aromatic heterocycles. The zero-order valence-electron chi connectivity index (χ0n) is 46.4. The average molecular weight is 1020 g/mol. The number of aliphatic hydroxyl groups excluding tert-OH is 1. The van der Waals surface area contributed by atoms with E-state index < -0.39 is 42.6 Å². The zero-order chi connectivity index (χ0) is 52.4. The molecule has 1 saturated heterocycles. The highest BCUT2D eigenvalue weighted by atomic mass is 16.6. The SMILES string of the molecule is CCCCCCCCCCCCCCCCCCCCOc1cccc(C(=O)Nc2ccn([C@H]3C[C@@H](OC(=O)CCC(C)=O)[C@@H](CO)O3)c(=O)n2)c1OCCCCCCCCCCCCCCCCCCCC. The number of carbonyl (C=O) groups excluding carboxylic acids is 3. The van der Waals surface area contributed by atoms with Crippen molar-refractivity contribution < 1.29 is 38.4 Å². The molecule has 3 rings (SSSR count). The summed E-state index contributed by atoms with van der Waals surface area (Å²) in [4.78, 5) is 55.0. The van der Waals surface area contributed by atoms with Crippen molar-refractivity contribution in [1.29, 1.82) is 0 Å². The van der Waals surface area contributed by atoms with Crippen LogP contribution in [0.25, 0.3) is 0 Å². The van der Waals surface area contributed by atoms with Crippen LogP contribution >= 0.6 is 0 Å². The van der Waals surface area contributed by atoms with Gasteiger partial charge in [-0.15, -0.1) is 0 Å². The van der Waals surface area contributed by atoms with Crippen molar-refractivity contribution in [1.82, 2.24) is 9.55 Å². The van der Waals surface area contributed by atoms with E-state index in [0.717, 1.165) is 32.1 Å². The van der Waals surface area contributed by atoms with E-state index >= 15 is 0 Å². The molecule has 0 unspecified atom stereocenters. The third-order valence-electron chi connectivity index (χ3n) is 14.4. The zero-order valence-corrected chi connectivity index (χ0v) is 46.4. The van der Waals surface area contributed by atoms with Gasteiger partial charge in [0.2, 0.25) is 0 Å². The van der Waals surface area contributed by atoms with E-state index in [1.807, 2.05) is 6.07 Å². The number of Topliss-reactive ketones (excluding diaryl/α,β-unsaturated/α-hetero) is 1. The molecule has 3 atom stereocenters. The minimum absolute atomic E-state index is 0.0507. The molecule has 12 heteroatoms. The Labute approximate surface area is 442 Å². The van der Waals surface area contributed by atoms with Crippen LogP contribution in [0, 0.1) is 0 Å². The molecular formula is C61H103N3O9. The predicted octanol–water partition coefficient (Wildman–Crippen LogP) is 15.9. The number of rotatable bonds is 48. The number of esters is 1. The first kappa shape index (κ1) is 63.5. The van der Waals surface area contributed by atoms with Crippen molar-refractivity contribution in [3.05, 3.63) is 46.5 Å². The number of ketones is 1. The molecule has 416 valence electrons. The number of para-hydroxylation sites is 1. The van der Waals surface area contributed by atoms with Gasteiger partial charge in [-0.2, -0.15) is 4.98 Å². The van der Waals surface area contributed by atoms with Gasteiger partial charge in [-0.3, -0.25) is 14.2 Å². The number of hydrogen-bond acceptors (Lipinski definition) is 10. The number of ether oxygens (including phenoxy) is 4. The Kier molecular flexibility index (Phi) is 36.9. The lowest BCUT2D eigenvalue weighted by atomic mass is 10.0. The third kappa shape index (κ3) is 29.8. The molecular weight excluding hydrogens is 919 g/mol. The molecule has 1 aliphatic heterocycles. The molecule has 0 bridgehead atoms. The highest BCUT2D eigenvalue weighted by Crippen LogP contribution is 2.34. The summed E-state index contributed by atoms with van der Waals surface area (Å²) in [6, 6.07) is 6.84. The molecule has 2 aromatic rings. The van der Waals surface area contributed by atoms with E-state index in [9.17, 15) is 24.3 Å². The number of carbonyl (C=O) groups is 3. The topological polar surface area (TPSA) is 155 Å². The largest absolute Gasteiger partial charge is 0.490 e. The Bertz CT molecular complexity index is 1780. The van der Waals surface area contributed by atoms with Gasteiger partial charge in [-0.1, -0.05) is 238 Å². The quantitative estimate of drug-likeness (QED) is 0.0483. The summed E-state index contributed by atoms with van der Waals surface area (Å²) in [7, 11) is 0. The summed E-state index contributed by atoms with van der Waals surface area (Å²) >= 11 is 0. The second kappa shape index (κ2) is 42.5. The Balaban J connectivity index is 1.44. The number of amides is 1. The fraction of sp³-hybridized carbons (Fsp3) is 0.787. The van der Waals surface area contributed by atoms with E-state index in [4.69, 9.17) is 18.9 Å². The molecule has 0 aliphatic carbocycles. The highest BCUT2D eigenvalue weighted by Gasteiger charge is 2.39. The van der Waals surface area contributed by atoms with Crippen LogP contribution in [0.4, 0.5) is 5.82 Å². The first-order valence-corrected chi connectivity index (χ1v) is 30.0. The van der Waals surface area contributed by atoms with Crippen LogP contribution in [0.3, 0.4) is 0 Å². The number of anilines is 1. The Morgan fingerprint density at radius 2 is 1.05 bits per heavy atom. The van der Waals surface area contributed by atoms with E-state index in [2.05, 4.69) is 24.1 Å². The number of aliphatic hydroxyl groups is 1. The van der Waals surface area contributed by atoms with Gasteiger partial charge < -0.3 is 34.2 Å². The monoisotopic (exact) mass is 1020 g/mol. The van der Waals surface area contributed by atoms with Crippen LogP contribution < -0.4 is 20.5 Å². The molecule has 1 fully saturated rings. The Morgan fingerprint density at radius 3 is 1.48 bits per heavy atom. The van der Waals surface area contributed by atoms with Crippen LogP contribution in [0.5, 0.6) is 11.5 Å². The third-order valence-corrected chi connectivity index (χ3v) is 14.4. The minimum atomic E-state index is -0.857. The number of benzene rings is 1. The molecule has 2 heterocycles. The number of unbranched alkanes of at least 4 members (excludes halogenated alkanes) is 34. The lowest BCUT2D eigenvalue weighted by Gasteiger charge is -2.17. The maximum absolute atomic E-state index is 13.9. The fourth-order valence-electron chi connectivity index (χ4n) is 9.87. The van der Waals surface area contributed by atoms with Gasteiger partial charge in [-0.05, 0) is 38.0 Å². The highest BCUT2D eigenvalue weighted by molar-refractivity contribution is 6.06. The van der Waals surface area contributed by atoms with Crippen LogP contribution in [0.15, 0.2) is 35.3 Å². The molecule has 12 nitrogen and oxygen atoms in total. The summed E-state index contributed by atoms with van der Waals surface area (Å²) in [6.45, 7) is 6.51. The van der Waals surface area contributed by atoms with Gasteiger partial charge in [0.1, 0.15) is 30.0 Å². The smallest absolute Gasteiger partial charge is 0.351 e. The van der Waals surface area contributed by atoms with E-state index in [1.165, 1.54) is 223 Å². The van der Waals surface area contributed by atoms with Gasteiger partial charge in [0.25, 0.3) is 5.91 Å². The number of aromatic nitrogens is 2. The number of nitrogens with one attached hydrogen (secondary N) is 1. The van der Waals surface area contributed by atoms with Crippen molar-refractivity contribution in [2.75, 3.05) is 25.1 Å². The van der Waals surface area contributed by atoms with Crippen molar-refractivity contribution >= 4 is 23.5 Å². The molecule has 0 radical (unpaired) electrons. The Hall–Kier alpha value is -3.77. The van der Waals surface area contributed by atoms with Gasteiger partial charge in [0.05, 0.1) is 31.8 Å². The summed E-state index contributed by atoms with van der Waals surface area (Å²) in [5, 5.41) is 12.7.